The Hall–Kier alpha value is -4.10. The van der Waals surface area contributed by atoms with E-state index in [0.717, 1.165) is 24.2 Å². The van der Waals surface area contributed by atoms with E-state index in [4.69, 9.17) is 0 Å². The maximum absolute atomic E-state index is 2.55. The first-order chi connectivity index (χ1) is 22.2. The van der Waals surface area contributed by atoms with Crippen molar-refractivity contribution in [1.29, 1.82) is 0 Å². The molecule has 238 valence electrons. The van der Waals surface area contributed by atoms with Crippen LogP contribution in [0.25, 0.3) is 22.3 Å². The van der Waals surface area contributed by atoms with Gasteiger partial charge < -0.3 is 4.90 Å². The summed E-state index contributed by atoms with van der Waals surface area (Å²) in [4.78, 5) is 2.43. The van der Waals surface area contributed by atoms with Crippen molar-refractivity contribution in [1.82, 2.24) is 0 Å². The molecule has 0 heterocycles. The van der Waals surface area contributed by atoms with Crippen LogP contribution < -0.4 is 4.90 Å². The van der Waals surface area contributed by atoms with Crippen molar-refractivity contribution in [3.05, 3.63) is 139 Å². The summed E-state index contributed by atoms with van der Waals surface area (Å²) >= 11 is 0. The van der Waals surface area contributed by atoms with Crippen LogP contribution >= 0.6 is 0 Å². The lowest BCUT2D eigenvalue weighted by Gasteiger charge is -2.51. The standard InChI is InChI=1S/C45H53N/c1-8-43(5,9-2)34-45(7,44(6,10-3)11-4)39-23-18-24-42(33-39)46(40-29-25-37(26-30-40)35-19-14-12-15-20-35)41-31-27-38(28-32-41)36-21-16-13-17-22-36/h12-33H,8-11,34H2,1-7H3. The molecule has 0 N–H and O–H groups in total. The van der Waals surface area contributed by atoms with Crippen LogP contribution in [0.3, 0.4) is 0 Å². The summed E-state index contributed by atoms with van der Waals surface area (Å²) in [6.07, 6.45) is 5.86. The zero-order valence-corrected chi connectivity index (χ0v) is 29.2. The summed E-state index contributed by atoms with van der Waals surface area (Å²) < 4.78 is 0. The molecule has 1 atom stereocenters. The number of nitrogens with zero attached hydrogens (tertiary/aromatic N) is 1. The van der Waals surface area contributed by atoms with Gasteiger partial charge in [0.15, 0.2) is 0 Å². The van der Waals surface area contributed by atoms with Gasteiger partial charge in [0, 0.05) is 17.1 Å². The van der Waals surface area contributed by atoms with Gasteiger partial charge in [0.05, 0.1) is 0 Å². The third kappa shape index (κ3) is 6.70. The molecule has 0 radical (unpaired) electrons. The molecule has 0 bridgehead atoms. The number of hydrogen-bond donors (Lipinski definition) is 0. The van der Waals surface area contributed by atoms with Crippen LogP contribution in [-0.2, 0) is 5.41 Å². The number of anilines is 3. The molecule has 0 saturated heterocycles. The Kier molecular flexibility index (Phi) is 10.2. The molecule has 0 amide bonds. The van der Waals surface area contributed by atoms with Crippen molar-refractivity contribution < 1.29 is 0 Å². The summed E-state index contributed by atoms with van der Waals surface area (Å²) in [6.45, 7) is 17.1. The maximum atomic E-state index is 2.55. The van der Waals surface area contributed by atoms with Crippen LogP contribution in [0.1, 0.15) is 86.1 Å². The first-order valence-electron chi connectivity index (χ1n) is 17.4. The molecule has 46 heavy (non-hydrogen) atoms. The predicted octanol–water partition coefficient (Wildman–Crippen LogP) is 13.8. The molecule has 1 unspecified atom stereocenters. The normalized spacial score (nSPS) is 13.3. The highest BCUT2D eigenvalue weighted by molar-refractivity contribution is 5.80. The Morgan fingerprint density at radius 2 is 0.870 bits per heavy atom. The van der Waals surface area contributed by atoms with Crippen molar-refractivity contribution >= 4 is 17.1 Å². The fourth-order valence-electron chi connectivity index (χ4n) is 7.35. The van der Waals surface area contributed by atoms with Crippen LogP contribution in [-0.4, -0.2) is 0 Å². The van der Waals surface area contributed by atoms with E-state index < -0.39 is 0 Å². The lowest BCUT2D eigenvalue weighted by Crippen LogP contribution is -2.44. The second kappa shape index (κ2) is 14.1. The lowest BCUT2D eigenvalue weighted by molar-refractivity contribution is 0.0728. The van der Waals surface area contributed by atoms with Gasteiger partial charge in [-0.05, 0) is 99.7 Å². The van der Waals surface area contributed by atoms with Gasteiger partial charge in [0.1, 0.15) is 0 Å². The number of rotatable bonds is 13. The summed E-state index contributed by atoms with van der Waals surface area (Å²) in [7, 11) is 0. The molecule has 0 spiro atoms. The van der Waals surface area contributed by atoms with E-state index in [9.17, 15) is 0 Å². The molecule has 5 rings (SSSR count). The van der Waals surface area contributed by atoms with Gasteiger partial charge in [-0.3, -0.25) is 0 Å². The van der Waals surface area contributed by atoms with Gasteiger partial charge in [-0.25, -0.2) is 0 Å². The summed E-state index contributed by atoms with van der Waals surface area (Å²) in [5.41, 5.74) is 10.4. The Bertz CT molecular complexity index is 1580. The second-order valence-corrected chi connectivity index (χ2v) is 14.0. The van der Waals surface area contributed by atoms with Crippen LogP contribution in [0.5, 0.6) is 0 Å². The van der Waals surface area contributed by atoms with Crippen molar-refractivity contribution in [2.24, 2.45) is 10.8 Å². The average molecular weight is 608 g/mol. The van der Waals surface area contributed by atoms with E-state index >= 15 is 0 Å². The van der Waals surface area contributed by atoms with Gasteiger partial charge in [0.25, 0.3) is 0 Å². The van der Waals surface area contributed by atoms with Crippen LogP contribution in [0.4, 0.5) is 17.1 Å². The lowest BCUT2D eigenvalue weighted by atomic mass is 9.53. The quantitative estimate of drug-likeness (QED) is 0.129. The fraction of sp³-hybridized carbons (Fsp3) is 0.333. The number of hydrogen-bond acceptors (Lipinski definition) is 1. The minimum atomic E-state index is 0.0211. The smallest absolute Gasteiger partial charge is 0.0464 e. The van der Waals surface area contributed by atoms with Gasteiger partial charge in [0.2, 0.25) is 0 Å². The average Bonchev–Trinajstić information content (AvgIpc) is 3.12. The third-order valence-electron chi connectivity index (χ3n) is 11.6. The first kappa shape index (κ1) is 33.3. The minimum Gasteiger partial charge on any atom is -0.310 e. The van der Waals surface area contributed by atoms with Gasteiger partial charge in [-0.15, -0.1) is 0 Å². The molecule has 0 aromatic heterocycles. The summed E-state index contributed by atoms with van der Waals surface area (Å²) in [6, 6.07) is 48.8. The Labute approximate surface area is 279 Å². The van der Waals surface area contributed by atoms with E-state index in [1.54, 1.807) is 0 Å². The molecule has 1 heteroatoms. The predicted molar refractivity (Wildman–Crippen MR) is 201 cm³/mol. The molecule has 0 aliphatic rings. The minimum absolute atomic E-state index is 0.0211. The Morgan fingerprint density at radius 1 is 0.435 bits per heavy atom. The van der Waals surface area contributed by atoms with E-state index in [1.165, 1.54) is 52.8 Å². The Morgan fingerprint density at radius 3 is 1.28 bits per heavy atom. The molecule has 0 saturated carbocycles. The third-order valence-corrected chi connectivity index (χ3v) is 11.6. The van der Waals surface area contributed by atoms with Crippen LogP contribution in [0.2, 0.25) is 0 Å². The molecule has 0 aliphatic heterocycles. The van der Waals surface area contributed by atoms with Gasteiger partial charge >= 0.3 is 0 Å². The summed E-state index contributed by atoms with van der Waals surface area (Å²) in [5.74, 6) is 0. The van der Waals surface area contributed by atoms with Crippen LogP contribution in [0.15, 0.2) is 133 Å². The van der Waals surface area contributed by atoms with E-state index in [-0.39, 0.29) is 16.2 Å². The highest BCUT2D eigenvalue weighted by atomic mass is 15.1. The van der Waals surface area contributed by atoms with E-state index in [0.29, 0.717) is 0 Å². The van der Waals surface area contributed by atoms with Crippen LogP contribution in [0, 0.1) is 10.8 Å². The van der Waals surface area contributed by atoms with Crippen molar-refractivity contribution in [2.45, 2.75) is 86.0 Å². The molecule has 0 fully saturated rings. The topological polar surface area (TPSA) is 3.24 Å². The SMILES string of the molecule is CCC(C)(CC)CC(C)(c1cccc(N(c2ccc(-c3ccccc3)cc2)c2ccc(-c3ccccc3)cc2)c1)C(C)(CC)CC. The van der Waals surface area contributed by atoms with Gasteiger partial charge in [-0.2, -0.15) is 0 Å². The fourth-order valence-corrected chi connectivity index (χ4v) is 7.35. The molecule has 5 aromatic carbocycles. The van der Waals surface area contributed by atoms with Crippen molar-refractivity contribution in [2.75, 3.05) is 4.90 Å². The summed E-state index contributed by atoms with van der Waals surface area (Å²) in [5, 5.41) is 0. The van der Waals surface area contributed by atoms with E-state index in [1.807, 2.05) is 0 Å². The highest BCUT2D eigenvalue weighted by Gasteiger charge is 2.46. The molecule has 5 aromatic rings. The Balaban J connectivity index is 1.64. The maximum Gasteiger partial charge on any atom is 0.0464 e. The highest BCUT2D eigenvalue weighted by Crippen LogP contribution is 2.54. The molecule has 0 aliphatic carbocycles. The zero-order valence-electron chi connectivity index (χ0n) is 29.2. The van der Waals surface area contributed by atoms with Crippen molar-refractivity contribution in [3.8, 4) is 22.3 Å². The second-order valence-electron chi connectivity index (χ2n) is 14.0. The van der Waals surface area contributed by atoms with Crippen molar-refractivity contribution in [3.63, 3.8) is 0 Å². The first-order valence-corrected chi connectivity index (χ1v) is 17.4. The monoisotopic (exact) mass is 607 g/mol. The largest absolute Gasteiger partial charge is 0.310 e. The van der Waals surface area contributed by atoms with E-state index in [2.05, 4.69) is 187 Å². The molecule has 1 nitrogen and oxygen atoms in total. The molecular formula is C45H53N. The number of benzene rings is 5. The van der Waals surface area contributed by atoms with Gasteiger partial charge in [-0.1, -0.05) is 158 Å². The zero-order chi connectivity index (χ0) is 32.8. The molecular weight excluding hydrogens is 555 g/mol.